The Morgan fingerprint density at radius 1 is 1.20 bits per heavy atom. The first kappa shape index (κ1) is 13.8. The van der Waals surface area contributed by atoms with Crippen molar-refractivity contribution in [3.63, 3.8) is 0 Å². The van der Waals surface area contributed by atoms with Crippen molar-refractivity contribution >= 4 is 28.5 Å². The van der Waals surface area contributed by atoms with Crippen molar-refractivity contribution in [1.29, 1.82) is 0 Å². The van der Waals surface area contributed by atoms with E-state index < -0.39 is 23.7 Å². The van der Waals surface area contributed by atoms with Gasteiger partial charge < -0.3 is 10.4 Å². The molecule has 0 spiro atoms. The Bertz CT molecular complexity index is 698. The number of alkyl halides is 3. The van der Waals surface area contributed by atoms with Crippen LogP contribution in [0.5, 0.6) is 0 Å². The number of nitrogens with one attached hydrogen (secondary N) is 1. The van der Waals surface area contributed by atoms with Gasteiger partial charge in [-0.05, 0) is 12.1 Å². The number of carboxylic acid groups (broad SMARTS) is 1. The third-order valence-corrected chi connectivity index (χ3v) is 2.44. The Kier molecular flexibility index (Phi) is 3.31. The number of hydrogen-bond donors (Lipinski definition) is 2. The minimum absolute atomic E-state index is 0.171. The number of anilines is 1. The van der Waals surface area contributed by atoms with Crippen LogP contribution in [0.1, 0.15) is 10.5 Å². The largest absolute Gasteiger partial charge is 0.477 e. The van der Waals surface area contributed by atoms with E-state index in [9.17, 15) is 22.8 Å². The maximum atomic E-state index is 12.3. The summed E-state index contributed by atoms with van der Waals surface area (Å²) in [6, 6.07) is 6.84. The minimum Gasteiger partial charge on any atom is -0.477 e. The van der Waals surface area contributed by atoms with Crippen molar-refractivity contribution in [3.8, 4) is 0 Å². The summed E-state index contributed by atoms with van der Waals surface area (Å²) in [5.41, 5.74) is -0.540. The number of amides is 1. The van der Waals surface area contributed by atoms with Gasteiger partial charge in [-0.1, -0.05) is 18.2 Å². The van der Waals surface area contributed by atoms with Gasteiger partial charge in [0.15, 0.2) is 5.69 Å². The molecule has 2 aromatic rings. The molecule has 1 aromatic heterocycles. The molecule has 0 aliphatic rings. The number of carbonyl (C=O) groups excluding carboxylic acids is 1. The van der Waals surface area contributed by atoms with E-state index >= 15 is 0 Å². The number of benzene rings is 1. The summed E-state index contributed by atoms with van der Waals surface area (Å²) in [4.78, 5) is 25.6. The van der Waals surface area contributed by atoms with Crippen LogP contribution in [0.2, 0.25) is 0 Å². The van der Waals surface area contributed by atoms with E-state index in [2.05, 4.69) is 4.98 Å². The first-order valence-electron chi connectivity index (χ1n) is 5.30. The second-order valence-corrected chi connectivity index (χ2v) is 3.83. The van der Waals surface area contributed by atoms with Crippen LogP contribution in [-0.2, 0) is 4.79 Å². The zero-order valence-corrected chi connectivity index (χ0v) is 9.73. The smallest absolute Gasteiger partial charge is 0.471 e. The Labute approximate surface area is 110 Å². The van der Waals surface area contributed by atoms with Crippen LogP contribution in [0, 0.1) is 0 Å². The van der Waals surface area contributed by atoms with Crippen molar-refractivity contribution in [2.24, 2.45) is 0 Å². The lowest BCUT2D eigenvalue weighted by atomic mass is 10.1. The summed E-state index contributed by atoms with van der Waals surface area (Å²) >= 11 is 0. The molecule has 0 bridgehead atoms. The average Bonchev–Trinajstić information content (AvgIpc) is 2.37. The Balaban J connectivity index is 2.56. The molecule has 5 nitrogen and oxygen atoms in total. The quantitative estimate of drug-likeness (QED) is 0.887. The van der Waals surface area contributed by atoms with Crippen molar-refractivity contribution in [3.05, 3.63) is 36.0 Å². The highest BCUT2D eigenvalue weighted by atomic mass is 19.4. The molecule has 0 saturated heterocycles. The Hall–Kier alpha value is -2.64. The summed E-state index contributed by atoms with van der Waals surface area (Å²) in [7, 11) is 0. The molecule has 0 radical (unpaired) electrons. The van der Waals surface area contributed by atoms with Gasteiger partial charge in [0, 0.05) is 5.39 Å². The maximum absolute atomic E-state index is 12.3. The number of rotatable bonds is 2. The summed E-state index contributed by atoms with van der Waals surface area (Å²) in [5.74, 6) is -3.58. The van der Waals surface area contributed by atoms with Crippen LogP contribution in [0.25, 0.3) is 10.9 Å². The number of carbonyl (C=O) groups is 2. The summed E-state index contributed by atoms with van der Waals surface area (Å²) < 4.78 is 36.8. The standard InChI is InChI=1S/C12H7F3N2O3/c13-12(14,15)11(20)17-8-5-9(10(18)19)16-7-4-2-1-3-6(7)8/h1-5H,(H,18,19)(H,16,17,20). The number of hydrogen-bond acceptors (Lipinski definition) is 3. The van der Waals surface area contributed by atoms with Gasteiger partial charge in [0.25, 0.3) is 0 Å². The molecule has 0 unspecified atom stereocenters. The predicted octanol–water partition coefficient (Wildman–Crippen LogP) is 2.43. The highest BCUT2D eigenvalue weighted by Gasteiger charge is 2.39. The van der Waals surface area contributed by atoms with Crippen LogP contribution >= 0.6 is 0 Å². The zero-order chi connectivity index (χ0) is 14.9. The van der Waals surface area contributed by atoms with Crippen LogP contribution in [0.4, 0.5) is 18.9 Å². The number of halogens is 3. The molecule has 0 saturated carbocycles. The van der Waals surface area contributed by atoms with Gasteiger partial charge in [-0.25, -0.2) is 9.78 Å². The Morgan fingerprint density at radius 3 is 2.45 bits per heavy atom. The highest BCUT2D eigenvalue weighted by Crippen LogP contribution is 2.25. The number of nitrogens with zero attached hydrogens (tertiary/aromatic N) is 1. The Morgan fingerprint density at radius 2 is 1.85 bits per heavy atom. The zero-order valence-electron chi connectivity index (χ0n) is 9.73. The first-order chi connectivity index (χ1) is 9.29. The fourth-order valence-corrected chi connectivity index (χ4v) is 1.58. The van der Waals surface area contributed by atoms with Crippen LogP contribution < -0.4 is 5.32 Å². The number of carboxylic acids is 1. The summed E-state index contributed by atoms with van der Waals surface area (Å²) in [6.07, 6.45) is -5.06. The summed E-state index contributed by atoms with van der Waals surface area (Å²) in [5, 5.41) is 10.7. The monoisotopic (exact) mass is 284 g/mol. The van der Waals surface area contributed by atoms with Gasteiger partial charge in [0.05, 0.1) is 11.2 Å². The third-order valence-electron chi connectivity index (χ3n) is 2.44. The van der Waals surface area contributed by atoms with Gasteiger partial charge in [-0.15, -0.1) is 0 Å². The van der Waals surface area contributed by atoms with E-state index in [1.165, 1.54) is 18.2 Å². The fourth-order valence-electron chi connectivity index (χ4n) is 1.58. The number of para-hydroxylation sites is 1. The second-order valence-electron chi connectivity index (χ2n) is 3.83. The van der Waals surface area contributed by atoms with Crippen molar-refractivity contribution in [2.45, 2.75) is 6.18 Å². The third kappa shape index (κ3) is 2.68. The van der Waals surface area contributed by atoms with Gasteiger partial charge in [0.1, 0.15) is 0 Å². The number of aromatic nitrogens is 1. The lowest BCUT2D eigenvalue weighted by Gasteiger charge is -2.11. The molecule has 0 aliphatic carbocycles. The van der Waals surface area contributed by atoms with E-state index in [1.807, 2.05) is 0 Å². The lowest BCUT2D eigenvalue weighted by molar-refractivity contribution is -0.167. The predicted molar refractivity (Wildman–Crippen MR) is 63.4 cm³/mol. The molecule has 1 heterocycles. The molecule has 0 atom stereocenters. The average molecular weight is 284 g/mol. The van der Waals surface area contributed by atoms with E-state index in [0.717, 1.165) is 6.07 Å². The first-order valence-corrected chi connectivity index (χ1v) is 5.30. The van der Waals surface area contributed by atoms with Gasteiger partial charge in [0.2, 0.25) is 0 Å². The number of aromatic carboxylic acids is 1. The molecular formula is C12H7F3N2O3. The number of pyridine rings is 1. The molecule has 20 heavy (non-hydrogen) atoms. The van der Waals surface area contributed by atoms with Crippen molar-refractivity contribution in [2.75, 3.05) is 5.32 Å². The molecule has 104 valence electrons. The lowest BCUT2D eigenvalue weighted by Crippen LogP contribution is -2.30. The molecule has 1 amide bonds. The van der Waals surface area contributed by atoms with E-state index in [1.54, 1.807) is 11.4 Å². The SMILES string of the molecule is O=C(O)c1cc(NC(=O)C(F)(F)F)c2ccccc2n1. The van der Waals surface area contributed by atoms with Gasteiger partial charge in [-0.3, -0.25) is 4.79 Å². The second kappa shape index (κ2) is 4.80. The molecule has 2 N–H and O–H groups in total. The highest BCUT2D eigenvalue weighted by molar-refractivity contribution is 6.04. The molecule has 8 heteroatoms. The van der Waals surface area contributed by atoms with E-state index in [0.29, 0.717) is 0 Å². The van der Waals surface area contributed by atoms with E-state index in [-0.39, 0.29) is 16.6 Å². The van der Waals surface area contributed by atoms with Gasteiger partial charge >= 0.3 is 18.1 Å². The molecule has 1 aromatic carbocycles. The fraction of sp³-hybridized carbons (Fsp3) is 0.0833. The topological polar surface area (TPSA) is 79.3 Å². The summed E-state index contributed by atoms with van der Waals surface area (Å²) in [6.45, 7) is 0. The molecule has 2 rings (SSSR count). The molecule has 0 fully saturated rings. The van der Waals surface area contributed by atoms with Crippen LogP contribution in [-0.4, -0.2) is 28.1 Å². The maximum Gasteiger partial charge on any atom is 0.471 e. The van der Waals surface area contributed by atoms with Crippen LogP contribution in [0.15, 0.2) is 30.3 Å². The molecule has 0 aliphatic heterocycles. The normalized spacial score (nSPS) is 11.3. The van der Waals surface area contributed by atoms with Crippen molar-refractivity contribution in [1.82, 2.24) is 4.98 Å². The van der Waals surface area contributed by atoms with Crippen LogP contribution in [0.3, 0.4) is 0 Å². The van der Waals surface area contributed by atoms with E-state index in [4.69, 9.17) is 5.11 Å². The van der Waals surface area contributed by atoms with Crippen molar-refractivity contribution < 1.29 is 27.9 Å². The molecular weight excluding hydrogens is 277 g/mol. The number of fused-ring (bicyclic) bond motifs is 1. The minimum atomic E-state index is -5.06. The van der Waals surface area contributed by atoms with Gasteiger partial charge in [-0.2, -0.15) is 13.2 Å².